The summed E-state index contributed by atoms with van der Waals surface area (Å²) in [5.41, 5.74) is 1.18. The molecule has 0 bridgehead atoms. The number of anilines is 1. The van der Waals surface area contributed by atoms with Gasteiger partial charge in [-0.1, -0.05) is 6.07 Å². The van der Waals surface area contributed by atoms with E-state index in [1.807, 2.05) is 13.2 Å². The second kappa shape index (κ2) is 13.2. The van der Waals surface area contributed by atoms with Gasteiger partial charge in [-0.3, -0.25) is 4.99 Å². The fraction of sp³-hybridized carbons (Fsp3) is 0.714. The lowest BCUT2D eigenvalue weighted by Crippen LogP contribution is -2.46. The van der Waals surface area contributed by atoms with Crippen LogP contribution in [-0.4, -0.2) is 75.5 Å². The van der Waals surface area contributed by atoms with E-state index in [0.29, 0.717) is 6.10 Å². The first-order chi connectivity index (χ1) is 13.8. The minimum Gasteiger partial charge on any atom is -0.385 e. The van der Waals surface area contributed by atoms with Gasteiger partial charge in [0.05, 0.1) is 6.10 Å². The topological polar surface area (TPSA) is 62.2 Å². The Kier molecular flexibility index (Phi) is 11.0. The molecule has 164 valence electrons. The van der Waals surface area contributed by atoms with Crippen molar-refractivity contribution in [3.05, 3.63) is 23.9 Å². The smallest absolute Gasteiger partial charge is 0.193 e. The van der Waals surface area contributed by atoms with Crippen LogP contribution in [0.4, 0.5) is 5.82 Å². The number of nitrogens with one attached hydrogen (secondary N) is 1. The summed E-state index contributed by atoms with van der Waals surface area (Å²) in [7, 11) is 3.58. The second-order valence-electron chi connectivity index (χ2n) is 7.52. The van der Waals surface area contributed by atoms with Crippen molar-refractivity contribution >= 4 is 35.8 Å². The molecule has 0 atom stereocenters. The summed E-state index contributed by atoms with van der Waals surface area (Å²) >= 11 is 0. The molecule has 0 unspecified atom stereocenters. The van der Waals surface area contributed by atoms with E-state index in [9.17, 15) is 0 Å². The Morgan fingerprint density at radius 3 is 2.55 bits per heavy atom. The van der Waals surface area contributed by atoms with Crippen LogP contribution in [0.2, 0.25) is 0 Å². The van der Waals surface area contributed by atoms with Crippen LogP contribution in [0.5, 0.6) is 0 Å². The summed E-state index contributed by atoms with van der Waals surface area (Å²) < 4.78 is 11.0. The first-order valence-corrected chi connectivity index (χ1v) is 10.6. The van der Waals surface area contributed by atoms with Crippen molar-refractivity contribution in [2.75, 3.05) is 58.5 Å². The van der Waals surface area contributed by atoms with Gasteiger partial charge in [-0.15, -0.1) is 24.0 Å². The molecule has 0 spiro atoms. The molecular weight excluding hydrogens is 481 g/mol. The molecule has 3 heterocycles. The van der Waals surface area contributed by atoms with E-state index in [-0.39, 0.29) is 24.0 Å². The molecule has 1 aromatic rings. The number of aliphatic imine (C=N–C) groups is 1. The van der Waals surface area contributed by atoms with Gasteiger partial charge in [-0.25, -0.2) is 4.98 Å². The van der Waals surface area contributed by atoms with Gasteiger partial charge in [0, 0.05) is 66.3 Å². The second-order valence-corrected chi connectivity index (χ2v) is 7.52. The summed E-state index contributed by atoms with van der Waals surface area (Å²) in [6.45, 7) is 6.50. The van der Waals surface area contributed by atoms with Crippen molar-refractivity contribution in [3.63, 3.8) is 0 Å². The molecule has 0 aliphatic carbocycles. The van der Waals surface area contributed by atoms with Crippen LogP contribution >= 0.6 is 24.0 Å². The number of halogens is 1. The van der Waals surface area contributed by atoms with Gasteiger partial charge in [0.25, 0.3) is 0 Å². The number of pyridine rings is 1. The maximum absolute atomic E-state index is 5.95. The Morgan fingerprint density at radius 2 is 1.93 bits per heavy atom. The molecule has 2 aliphatic heterocycles. The average Bonchev–Trinajstić information content (AvgIpc) is 3.28. The highest BCUT2D eigenvalue weighted by molar-refractivity contribution is 14.0. The van der Waals surface area contributed by atoms with Crippen molar-refractivity contribution in [1.82, 2.24) is 15.2 Å². The van der Waals surface area contributed by atoms with E-state index >= 15 is 0 Å². The fourth-order valence-electron chi connectivity index (χ4n) is 3.86. The van der Waals surface area contributed by atoms with Crippen LogP contribution in [0, 0.1) is 0 Å². The highest BCUT2D eigenvalue weighted by Gasteiger charge is 2.21. The molecule has 7 nitrogen and oxygen atoms in total. The van der Waals surface area contributed by atoms with Crippen LogP contribution in [0.25, 0.3) is 0 Å². The van der Waals surface area contributed by atoms with Gasteiger partial charge in [-0.05, 0) is 43.7 Å². The number of guanidine groups is 1. The molecular formula is C21H36IN5O2. The molecule has 3 rings (SSSR count). The number of rotatable bonds is 8. The molecule has 2 aliphatic rings. The molecule has 8 heteroatoms. The maximum atomic E-state index is 5.95. The van der Waals surface area contributed by atoms with Gasteiger partial charge in [0.2, 0.25) is 0 Å². The minimum absolute atomic E-state index is 0. The predicted molar refractivity (Wildman–Crippen MR) is 128 cm³/mol. The lowest BCUT2D eigenvalue weighted by Gasteiger charge is -2.34. The number of ether oxygens (including phenoxy) is 2. The van der Waals surface area contributed by atoms with Crippen molar-refractivity contribution in [3.8, 4) is 0 Å². The first-order valence-electron chi connectivity index (χ1n) is 10.6. The van der Waals surface area contributed by atoms with Gasteiger partial charge in [0.1, 0.15) is 5.82 Å². The van der Waals surface area contributed by atoms with Gasteiger partial charge in [0.15, 0.2) is 5.96 Å². The Morgan fingerprint density at radius 1 is 1.17 bits per heavy atom. The van der Waals surface area contributed by atoms with Crippen LogP contribution in [0.3, 0.4) is 0 Å². The van der Waals surface area contributed by atoms with E-state index < -0.39 is 0 Å². The third-order valence-electron chi connectivity index (χ3n) is 5.49. The number of piperidine rings is 1. The fourth-order valence-corrected chi connectivity index (χ4v) is 3.86. The normalized spacial score (nSPS) is 18.1. The van der Waals surface area contributed by atoms with E-state index in [1.54, 1.807) is 7.11 Å². The molecule has 2 fully saturated rings. The average molecular weight is 517 g/mol. The zero-order chi connectivity index (χ0) is 19.6. The third-order valence-corrected chi connectivity index (χ3v) is 5.49. The van der Waals surface area contributed by atoms with Crippen molar-refractivity contribution in [1.29, 1.82) is 0 Å². The summed E-state index contributed by atoms with van der Waals surface area (Å²) in [5.74, 6) is 2.06. The number of nitrogens with zero attached hydrogens (tertiary/aromatic N) is 4. The van der Waals surface area contributed by atoms with E-state index in [2.05, 4.69) is 37.2 Å². The highest BCUT2D eigenvalue weighted by atomic mass is 127. The molecule has 2 saturated heterocycles. The van der Waals surface area contributed by atoms with Crippen LogP contribution in [0.1, 0.15) is 37.7 Å². The van der Waals surface area contributed by atoms with Gasteiger partial charge < -0.3 is 24.6 Å². The quantitative estimate of drug-likeness (QED) is 0.248. The van der Waals surface area contributed by atoms with Crippen molar-refractivity contribution in [2.45, 2.75) is 44.8 Å². The largest absolute Gasteiger partial charge is 0.385 e. The lowest BCUT2D eigenvalue weighted by atomic mass is 10.1. The number of methoxy groups -OCH3 is 1. The maximum Gasteiger partial charge on any atom is 0.193 e. The predicted octanol–water partition coefficient (Wildman–Crippen LogP) is 2.89. The summed E-state index contributed by atoms with van der Waals surface area (Å²) in [5, 5.41) is 3.48. The molecule has 29 heavy (non-hydrogen) atoms. The van der Waals surface area contributed by atoms with E-state index in [1.165, 1.54) is 18.4 Å². The Bertz CT molecular complexity index is 600. The first kappa shape index (κ1) is 24.1. The van der Waals surface area contributed by atoms with Crippen LogP contribution < -0.4 is 10.2 Å². The summed E-state index contributed by atoms with van der Waals surface area (Å²) in [6.07, 6.45) is 7.93. The molecule has 0 saturated carbocycles. The number of hydrogen-bond acceptors (Lipinski definition) is 5. The van der Waals surface area contributed by atoms with Gasteiger partial charge >= 0.3 is 0 Å². The monoisotopic (exact) mass is 517 g/mol. The molecule has 1 N–H and O–H groups in total. The molecule has 0 aromatic carbocycles. The lowest BCUT2D eigenvalue weighted by molar-refractivity contribution is 0.00989. The zero-order valence-electron chi connectivity index (χ0n) is 17.8. The molecule has 0 radical (unpaired) electrons. The number of hydrogen-bond donors (Lipinski definition) is 1. The van der Waals surface area contributed by atoms with E-state index in [4.69, 9.17) is 9.47 Å². The number of aromatic nitrogens is 1. The van der Waals surface area contributed by atoms with Crippen molar-refractivity contribution < 1.29 is 9.47 Å². The van der Waals surface area contributed by atoms with E-state index in [0.717, 1.165) is 77.0 Å². The summed E-state index contributed by atoms with van der Waals surface area (Å²) in [4.78, 5) is 13.8. The molecule has 1 aromatic heterocycles. The van der Waals surface area contributed by atoms with Crippen molar-refractivity contribution in [2.24, 2.45) is 4.99 Å². The number of likely N-dealkylation sites (tertiary alicyclic amines) is 1. The Labute approximate surface area is 192 Å². The Balaban J connectivity index is 0.00000300. The third kappa shape index (κ3) is 7.57. The zero-order valence-corrected chi connectivity index (χ0v) is 20.1. The van der Waals surface area contributed by atoms with Gasteiger partial charge in [-0.2, -0.15) is 0 Å². The SMILES string of the molecule is CN=C(NCc1ccc(N2CCCC2)nc1)N1CCC(OCCCOC)CC1.I. The molecule has 0 amide bonds. The van der Waals surface area contributed by atoms with Crippen LogP contribution in [-0.2, 0) is 16.0 Å². The minimum atomic E-state index is 0. The standard InChI is InChI=1S/C21H35N5O2.HI/c1-22-21(26-12-8-19(9-13-26)28-15-5-14-27-2)24-17-18-6-7-20(23-16-18)25-10-3-4-11-25;/h6-7,16,19H,3-5,8-15,17H2,1-2H3,(H,22,24);1H. The summed E-state index contributed by atoms with van der Waals surface area (Å²) in [6, 6.07) is 4.30. The Hall–Kier alpha value is -1.13. The highest BCUT2D eigenvalue weighted by Crippen LogP contribution is 2.18. The van der Waals surface area contributed by atoms with Crippen LogP contribution in [0.15, 0.2) is 23.3 Å².